The van der Waals surface area contributed by atoms with Crippen molar-refractivity contribution in [1.82, 2.24) is 0 Å². The molecule has 1 aromatic carbocycles. The molecule has 1 aromatic rings. The monoisotopic (exact) mass is 218 g/mol. The molecule has 0 saturated carbocycles. The Morgan fingerprint density at radius 1 is 1.31 bits per heavy atom. The van der Waals surface area contributed by atoms with Gasteiger partial charge in [-0.2, -0.15) is 0 Å². The molecular formula is C12H17BNO2. The third-order valence-corrected chi connectivity index (χ3v) is 1.85. The van der Waals surface area contributed by atoms with E-state index >= 15 is 0 Å². The Balaban J connectivity index is 2.53. The molecular weight excluding hydrogens is 201 g/mol. The van der Waals surface area contributed by atoms with Gasteiger partial charge in [0.15, 0.2) is 7.28 Å². The molecule has 85 valence electrons. The second kappa shape index (κ2) is 5.17. The first-order valence-corrected chi connectivity index (χ1v) is 5.27. The molecule has 16 heavy (non-hydrogen) atoms. The van der Waals surface area contributed by atoms with Crippen LogP contribution in [0.15, 0.2) is 30.3 Å². The number of esters is 1. The van der Waals surface area contributed by atoms with E-state index in [-0.39, 0.29) is 0 Å². The van der Waals surface area contributed by atoms with Gasteiger partial charge < -0.3 is 10.5 Å². The molecule has 0 aliphatic heterocycles. The number of rotatable bonds is 3. The summed E-state index contributed by atoms with van der Waals surface area (Å²) in [4.78, 5) is 11.6. The Morgan fingerprint density at radius 3 is 2.38 bits per heavy atom. The minimum atomic E-state index is -0.721. The van der Waals surface area contributed by atoms with Crippen molar-refractivity contribution in [3.63, 3.8) is 0 Å². The van der Waals surface area contributed by atoms with Crippen molar-refractivity contribution in [1.29, 1.82) is 0 Å². The van der Waals surface area contributed by atoms with Gasteiger partial charge in [0, 0.05) is 0 Å². The second-order valence-corrected chi connectivity index (χ2v) is 4.64. The zero-order valence-electron chi connectivity index (χ0n) is 9.94. The lowest BCUT2D eigenvalue weighted by atomic mass is 9.63. The molecule has 2 N–H and O–H groups in total. The highest BCUT2D eigenvalue weighted by atomic mass is 16.6. The van der Waals surface area contributed by atoms with Crippen molar-refractivity contribution in [3.8, 4) is 0 Å². The molecule has 0 aliphatic carbocycles. The van der Waals surface area contributed by atoms with Crippen LogP contribution in [0.5, 0.6) is 0 Å². The van der Waals surface area contributed by atoms with E-state index in [1.165, 1.54) is 0 Å². The lowest BCUT2D eigenvalue weighted by Gasteiger charge is -2.22. The van der Waals surface area contributed by atoms with Crippen LogP contribution in [0.4, 0.5) is 0 Å². The second-order valence-electron chi connectivity index (χ2n) is 4.64. The molecule has 0 fully saturated rings. The molecule has 0 spiro atoms. The first-order valence-electron chi connectivity index (χ1n) is 5.27. The highest BCUT2D eigenvalue weighted by molar-refractivity contribution is 6.58. The Bertz CT molecular complexity index is 346. The molecule has 0 amide bonds. The van der Waals surface area contributed by atoms with Gasteiger partial charge in [-0.15, -0.1) is 0 Å². The predicted octanol–water partition coefficient (Wildman–Crippen LogP) is 0.643. The molecule has 1 radical (unpaired) electrons. The maximum atomic E-state index is 11.6. The predicted molar refractivity (Wildman–Crippen MR) is 65.7 cm³/mol. The van der Waals surface area contributed by atoms with E-state index in [1.54, 1.807) is 7.28 Å². The van der Waals surface area contributed by atoms with E-state index in [2.05, 4.69) is 0 Å². The summed E-state index contributed by atoms with van der Waals surface area (Å²) in [6.45, 7) is 5.46. The summed E-state index contributed by atoms with van der Waals surface area (Å²) in [5.74, 6) is -1.13. The first-order chi connectivity index (χ1) is 7.38. The number of hydrogen-bond acceptors (Lipinski definition) is 3. The molecule has 0 bridgehead atoms. The van der Waals surface area contributed by atoms with Gasteiger partial charge in [-0.1, -0.05) is 35.8 Å². The van der Waals surface area contributed by atoms with E-state index in [4.69, 9.17) is 10.5 Å². The van der Waals surface area contributed by atoms with Crippen molar-refractivity contribution in [3.05, 3.63) is 30.3 Å². The average Bonchev–Trinajstić information content (AvgIpc) is 2.16. The molecule has 3 nitrogen and oxygen atoms in total. The average molecular weight is 218 g/mol. The fraction of sp³-hybridized carbons (Fsp3) is 0.417. The van der Waals surface area contributed by atoms with E-state index in [9.17, 15) is 4.79 Å². The van der Waals surface area contributed by atoms with Gasteiger partial charge in [0.1, 0.15) is 5.60 Å². The quantitative estimate of drug-likeness (QED) is 0.598. The van der Waals surface area contributed by atoms with Crippen LogP contribution in [-0.4, -0.2) is 24.8 Å². The molecule has 0 saturated heterocycles. The van der Waals surface area contributed by atoms with Crippen molar-refractivity contribution in [2.24, 2.45) is 5.73 Å². The van der Waals surface area contributed by atoms with Gasteiger partial charge in [-0.3, -0.25) is 4.79 Å². The van der Waals surface area contributed by atoms with Gasteiger partial charge in [0.2, 0.25) is 0 Å². The number of carbonyl (C=O) groups is 1. The zero-order valence-corrected chi connectivity index (χ0v) is 9.94. The lowest BCUT2D eigenvalue weighted by molar-refractivity contribution is -0.154. The van der Waals surface area contributed by atoms with Gasteiger partial charge in [-0.25, -0.2) is 0 Å². The molecule has 0 heterocycles. The fourth-order valence-corrected chi connectivity index (χ4v) is 1.21. The minimum absolute atomic E-state index is 0.406. The van der Waals surface area contributed by atoms with Crippen molar-refractivity contribution in [2.75, 3.05) is 0 Å². The Hall–Kier alpha value is -1.29. The normalized spacial score (nSPS) is 13.0. The number of hydrogen-bond donors (Lipinski definition) is 1. The lowest BCUT2D eigenvalue weighted by Crippen LogP contribution is -2.45. The van der Waals surface area contributed by atoms with Crippen molar-refractivity contribution >= 4 is 18.7 Å². The van der Waals surface area contributed by atoms with E-state index in [0.717, 1.165) is 5.46 Å². The highest BCUT2D eigenvalue weighted by Crippen LogP contribution is 2.07. The van der Waals surface area contributed by atoms with Crippen LogP contribution >= 0.6 is 0 Å². The molecule has 0 aliphatic rings. The smallest absolute Gasteiger partial charge is 0.315 e. The van der Waals surface area contributed by atoms with Crippen molar-refractivity contribution < 1.29 is 9.53 Å². The third-order valence-electron chi connectivity index (χ3n) is 1.85. The maximum Gasteiger partial charge on any atom is 0.315 e. The van der Waals surface area contributed by atoms with Crippen LogP contribution in [0.1, 0.15) is 20.8 Å². The van der Waals surface area contributed by atoms with E-state index in [1.807, 2.05) is 51.1 Å². The fourth-order valence-electron chi connectivity index (χ4n) is 1.21. The summed E-state index contributed by atoms with van der Waals surface area (Å²) in [6, 6.07) is 9.49. The largest absolute Gasteiger partial charge is 0.459 e. The summed E-state index contributed by atoms with van der Waals surface area (Å²) in [5.41, 5.74) is 6.14. The summed E-state index contributed by atoms with van der Waals surface area (Å²) in [5, 5.41) is 0. The van der Waals surface area contributed by atoms with Crippen LogP contribution in [-0.2, 0) is 9.53 Å². The number of benzene rings is 1. The highest BCUT2D eigenvalue weighted by Gasteiger charge is 2.22. The summed E-state index contributed by atoms with van der Waals surface area (Å²) in [6.07, 6.45) is 0. The summed E-state index contributed by atoms with van der Waals surface area (Å²) in [7, 11) is 1.69. The Labute approximate surface area is 97.2 Å². The molecule has 1 unspecified atom stereocenters. The van der Waals surface area contributed by atoms with Crippen LogP contribution in [0, 0.1) is 0 Å². The zero-order chi connectivity index (χ0) is 12.2. The van der Waals surface area contributed by atoms with Crippen molar-refractivity contribution in [2.45, 2.75) is 32.3 Å². The number of ether oxygens (including phenoxy) is 1. The van der Waals surface area contributed by atoms with Gasteiger partial charge in [0.05, 0.1) is 5.94 Å². The topological polar surface area (TPSA) is 52.3 Å². The maximum absolute atomic E-state index is 11.6. The van der Waals surface area contributed by atoms with E-state index < -0.39 is 17.5 Å². The van der Waals surface area contributed by atoms with E-state index in [0.29, 0.717) is 0 Å². The minimum Gasteiger partial charge on any atom is -0.459 e. The Morgan fingerprint density at radius 2 is 1.88 bits per heavy atom. The van der Waals surface area contributed by atoms with Crippen LogP contribution in [0.2, 0.25) is 0 Å². The van der Waals surface area contributed by atoms with Crippen LogP contribution in [0.25, 0.3) is 0 Å². The SMILES string of the molecule is CC(C)(C)OC(=O)C(N)[B]c1ccccc1. The standard InChI is InChI=1S/C12H17BNO2/c1-12(2,3)16-11(15)10(14)13-9-7-5-4-6-8-9/h4-8,10H,14H2,1-3H3. The molecule has 1 rings (SSSR count). The van der Waals surface area contributed by atoms with Crippen LogP contribution < -0.4 is 11.2 Å². The first kappa shape index (κ1) is 12.8. The number of carbonyl (C=O) groups excluding carboxylic acids is 1. The molecule has 1 atom stereocenters. The Kier molecular flexibility index (Phi) is 4.13. The number of nitrogens with two attached hydrogens (primary N) is 1. The van der Waals surface area contributed by atoms with Gasteiger partial charge in [-0.05, 0) is 20.8 Å². The molecule has 0 aromatic heterocycles. The van der Waals surface area contributed by atoms with Gasteiger partial charge in [0.25, 0.3) is 0 Å². The van der Waals surface area contributed by atoms with Crippen LogP contribution in [0.3, 0.4) is 0 Å². The molecule has 4 heteroatoms. The summed E-state index contributed by atoms with van der Waals surface area (Å²) >= 11 is 0. The third kappa shape index (κ3) is 4.49. The van der Waals surface area contributed by atoms with Gasteiger partial charge >= 0.3 is 5.97 Å². The summed E-state index contributed by atoms with van der Waals surface area (Å²) < 4.78 is 5.18.